The van der Waals surface area contributed by atoms with Crippen molar-refractivity contribution in [2.45, 2.75) is 43.4 Å². The molecule has 162 valence electrons. The lowest BCUT2D eigenvalue weighted by Crippen LogP contribution is -2.58. The van der Waals surface area contributed by atoms with Gasteiger partial charge in [0.15, 0.2) is 0 Å². The SMILES string of the molecule is NCCCCC(NC(=O)C(CO)NC(=O)C(N)CS)C(=O)NC(CS)C(=O)O. The molecule has 0 aromatic rings. The Morgan fingerprint density at radius 3 is 1.86 bits per heavy atom. The summed E-state index contributed by atoms with van der Waals surface area (Å²) in [5.74, 6) is -3.59. The maximum absolute atomic E-state index is 12.4. The number of carbonyl (C=O) groups is 4. The molecule has 0 radical (unpaired) electrons. The molecule has 3 amide bonds. The van der Waals surface area contributed by atoms with Crippen LogP contribution in [0.5, 0.6) is 0 Å². The number of aliphatic carboxylic acids is 1. The largest absolute Gasteiger partial charge is 0.480 e. The number of carbonyl (C=O) groups excluding carboxylic acids is 3. The molecule has 4 unspecified atom stereocenters. The van der Waals surface area contributed by atoms with Crippen LogP contribution >= 0.6 is 25.3 Å². The molecule has 0 aliphatic heterocycles. The van der Waals surface area contributed by atoms with Crippen molar-refractivity contribution in [2.24, 2.45) is 11.5 Å². The first kappa shape index (κ1) is 26.5. The van der Waals surface area contributed by atoms with E-state index in [0.717, 1.165) is 0 Å². The molecular formula is C15H29N5O6S2. The summed E-state index contributed by atoms with van der Waals surface area (Å²) < 4.78 is 0. The summed E-state index contributed by atoms with van der Waals surface area (Å²) in [6, 6.07) is -4.61. The van der Waals surface area contributed by atoms with Gasteiger partial charge in [0, 0.05) is 11.5 Å². The smallest absolute Gasteiger partial charge is 0.327 e. The number of nitrogens with two attached hydrogens (primary N) is 2. The second kappa shape index (κ2) is 14.5. The van der Waals surface area contributed by atoms with Gasteiger partial charge < -0.3 is 37.6 Å². The Bertz CT molecular complexity index is 539. The average molecular weight is 440 g/mol. The van der Waals surface area contributed by atoms with Gasteiger partial charge in [0.2, 0.25) is 17.7 Å². The molecule has 0 aliphatic rings. The molecule has 13 heteroatoms. The number of carboxylic acids is 1. The van der Waals surface area contributed by atoms with E-state index in [2.05, 4.69) is 41.2 Å². The summed E-state index contributed by atoms with van der Waals surface area (Å²) >= 11 is 7.75. The van der Waals surface area contributed by atoms with Gasteiger partial charge in [-0.1, -0.05) is 0 Å². The number of carboxylic acid groups (broad SMARTS) is 1. The van der Waals surface area contributed by atoms with Crippen LogP contribution in [0.2, 0.25) is 0 Å². The Balaban J connectivity index is 5.12. The predicted octanol–water partition coefficient (Wildman–Crippen LogP) is -3.17. The van der Waals surface area contributed by atoms with Crippen LogP contribution in [0, 0.1) is 0 Å². The minimum Gasteiger partial charge on any atom is -0.480 e. The van der Waals surface area contributed by atoms with Crippen LogP contribution in [0.1, 0.15) is 19.3 Å². The Hall–Kier alpha value is -1.54. The summed E-state index contributed by atoms with van der Waals surface area (Å²) in [6.07, 6.45) is 1.27. The molecule has 11 nitrogen and oxygen atoms in total. The fraction of sp³-hybridized carbons (Fsp3) is 0.733. The monoisotopic (exact) mass is 439 g/mol. The van der Waals surface area contributed by atoms with Crippen molar-refractivity contribution in [3.05, 3.63) is 0 Å². The first-order valence-corrected chi connectivity index (χ1v) is 9.90. The quantitative estimate of drug-likeness (QED) is 0.0997. The highest BCUT2D eigenvalue weighted by Crippen LogP contribution is 2.03. The van der Waals surface area contributed by atoms with Crippen LogP contribution in [0.3, 0.4) is 0 Å². The lowest BCUT2D eigenvalue weighted by Gasteiger charge is -2.24. The van der Waals surface area contributed by atoms with Gasteiger partial charge in [0.25, 0.3) is 0 Å². The standard InChI is InChI=1S/C15H29N5O6S2/c16-4-2-1-3-9(13(23)20-11(7-28)15(25)26)18-14(24)10(5-21)19-12(22)8(17)6-27/h8-11,21,27-28H,1-7,16-17H2,(H,18,24)(H,19,22)(H,20,23)(H,25,26). The lowest BCUT2D eigenvalue weighted by atomic mass is 10.1. The number of rotatable bonds is 14. The number of hydrogen-bond acceptors (Lipinski definition) is 9. The van der Waals surface area contributed by atoms with Gasteiger partial charge in [-0.2, -0.15) is 25.3 Å². The molecule has 0 saturated carbocycles. The first-order valence-electron chi connectivity index (χ1n) is 8.63. The second-order valence-electron chi connectivity index (χ2n) is 5.96. The predicted molar refractivity (Wildman–Crippen MR) is 109 cm³/mol. The van der Waals surface area contributed by atoms with E-state index in [0.29, 0.717) is 19.4 Å². The number of hydrogen-bond donors (Lipinski definition) is 9. The number of aliphatic hydroxyl groups excluding tert-OH is 1. The van der Waals surface area contributed by atoms with E-state index in [-0.39, 0.29) is 17.9 Å². The fourth-order valence-corrected chi connectivity index (χ4v) is 2.46. The van der Waals surface area contributed by atoms with Crippen molar-refractivity contribution in [3.63, 3.8) is 0 Å². The van der Waals surface area contributed by atoms with E-state index in [1.165, 1.54) is 0 Å². The third-order valence-corrected chi connectivity index (χ3v) is 4.48. The highest BCUT2D eigenvalue weighted by Gasteiger charge is 2.29. The minimum atomic E-state index is -1.33. The number of unbranched alkanes of at least 4 members (excludes halogenated alkanes) is 1. The van der Waals surface area contributed by atoms with Gasteiger partial charge in [0.1, 0.15) is 18.1 Å². The van der Waals surface area contributed by atoms with Crippen molar-refractivity contribution in [1.82, 2.24) is 16.0 Å². The molecule has 0 rings (SSSR count). The van der Waals surface area contributed by atoms with Crippen molar-refractivity contribution < 1.29 is 29.4 Å². The zero-order chi connectivity index (χ0) is 21.7. The maximum Gasteiger partial charge on any atom is 0.327 e. The van der Waals surface area contributed by atoms with Crippen molar-refractivity contribution in [1.29, 1.82) is 0 Å². The molecule has 0 aromatic carbocycles. The van der Waals surface area contributed by atoms with Crippen LogP contribution in [0.15, 0.2) is 0 Å². The molecule has 4 atom stereocenters. The van der Waals surface area contributed by atoms with Crippen LogP contribution in [0.25, 0.3) is 0 Å². The number of amides is 3. The van der Waals surface area contributed by atoms with Crippen LogP contribution in [-0.2, 0) is 19.2 Å². The molecule has 0 spiro atoms. The van der Waals surface area contributed by atoms with Gasteiger partial charge in [0.05, 0.1) is 12.6 Å². The zero-order valence-corrected chi connectivity index (χ0v) is 17.1. The third-order valence-electron chi connectivity index (χ3n) is 3.73. The van der Waals surface area contributed by atoms with Gasteiger partial charge in [-0.15, -0.1) is 0 Å². The Morgan fingerprint density at radius 2 is 1.39 bits per heavy atom. The highest BCUT2D eigenvalue weighted by molar-refractivity contribution is 7.80. The van der Waals surface area contributed by atoms with Gasteiger partial charge >= 0.3 is 5.97 Å². The minimum absolute atomic E-state index is 0.0377. The molecule has 0 saturated heterocycles. The van der Waals surface area contributed by atoms with E-state index in [9.17, 15) is 24.3 Å². The van der Waals surface area contributed by atoms with Crippen LogP contribution in [0.4, 0.5) is 0 Å². The Kier molecular flexibility index (Phi) is 13.7. The number of nitrogens with one attached hydrogen (secondary N) is 3. The zero-order valence-electron chi connectivity index (χ0n) is 15.3. The molecule has 0 aromatic heterocycles. The molecule has 0 fully saturated rings. The summed E-state index contributed by atoms with van der Waals surface area (Å²) in [6.45, 7) is -0.337. The van der Waals surface area contributed by atoms with E-state index < -0.39 is 54.5 Å². The molecule has 0 bridgehead atoms. The van der Waals surface area contributed by atoms with Crippen LogP contribution < -0.4 is 27.4 Å². The van der Waals surface area contributed by atoms with E-state index in [4.69, 9.17) is 16.6 Å². The van der Waals surface area contributed by atoms with E-state index in [1.54, 1.807) is 0 Å². The number of thiol groups is 2. The van der Waals surface area contributed by atoms with Gasteiger partial charge in [-0.3, -0.25) is 14.4 Å². The highest BCUT2D eigenvalue weighted by atomic mass is 32.1. The number of aliphatic hydroxyl groups is 1. The fourth-order valence-electron chi connectivity index (χ4n) is 2.05. The van der Waals surface area contributed by atoms with Gasteiger partial charge in [-0.25, -0.2) is 4.79 Å². The summed E-state index contributed by atoms with van der Waals surface area (Å²) in [5, 5.41) is 25.4. The van der Waals surface area contributed by atoms with Crippen molar-refractivity contribution >= 4 is 48.9 Å². The molecule has 9 N–H and O–H groups in total. The summed E-state index contributed by atoms with van der Waals surface area (Å²) in [4.78, 5) is 47.6. The summed E-state index contributed by atoms with van der Waals surface area (Å²) in [5.41, 5.74) is 10.9. The van der Waals surface area contributed by atoms with E-state index in [1.807, 2.05) is 0 Å². The van der Waals surface area contributed by atoms with E-state index >= 15 is 0 Å². The van der Waals surface area contributed by atoms with Gasteiger partial charge in [-0.05, 0) is 25.8 Å². The van der Waals surface area contributed by atoms with Crippen molar-refractivity contribution in [2.75, 3.05) is 24.7 Å². The molecule has 0 heterocycles. The second-order valence-corrected chi connectivity index (χ2v) is 6.69. The maximum atomic E-state index is 12.4. The van der Waals surface area contributed by atoms with Crippen LogP contribution in [-0.4, -0.2) is 82.7 Å². The lowest BCUT2D eigenvalue weighted by molar-refractivity contribution is -0.141. The first-order chi connectivity index (χ1) is 13.2. The molecule has 0 aliphatic carbocycles. The Labute approximate surface area is 174 Å². The van der Waals surface area contributed by atoms with Crippen molar-refractivity contribution in [3.8, 4) is 0 Å². The molecule has 28 heavy (non-hydrogen) atoms. The average Bonchev–Trinajstić information content (AvgIpc) is 2.67. The third kappa shape index (κ3) is 9.59. The molecular weight excluding hydrogens is 410 g/mol. The Morgan fingerprint density at radius 1 is 0.857 bits per heavy atom. The topological polar surface area (TPSA) is 197 Å². The summed E-state index contributed by atoms with van der Waals surface area (Å²) in [7, 11) is 0. The normalized spacial score (nSPS) is 15.0.